The van der Waals surface area contributed by atoms with Crippen molar-refractivity contribution >= 4 is 34.1 Å². The third kappa shape index (κ3) is 3.40. The van der Waals surface area contributed by atoms with Gasteiger partial charge in [-0.15, -0.1) is 0 Å². The van der Waals surface area contributed by atoms with Crippen molar-refractivity contribution < 1.29 is 9.53 Å². The molecule has 0 bridgehead atoms. The summed E-state index contributed by atoms with van der Waals surface area (Å²) in [6, 6.07) is 6.79. The Hall–Kier alpha value is -1.69. The van der Waals surface area contributed by atoms with Gasteiger partial charge in [0.2, 0.25) is 5.91 Å². The maximum Gasteiger partial charge on any atom is 0.231 e. The van der Waals surface area contributed by atoms with Crippen LogP contribution in [-0.4, -0.2) is 48.1 Å². The first-order valence-electron chi connectivity index (χ1n) is 10.2. The number of carbonyl (C=O) groups is 1. The Bertz CT molecular complexity index is 915. The Balaban J connectivity index is 1.35. The number of nitrogens with zero attached hydrogens (tertiary/aromatic N) is 2. The lowest BCUT2D eigenvalue weighted by atomic mass is 9.87. The fourth-order valence-corrected chi connectivity index (χ4v) is 4.58. The molecule has 0 atom stereocenters. The highest BCUT2D eigenvalue weighted by Crippen LogP contribution is 2.45. The summed E-state index contributed by atoms with van der Waals surface area (Å²) in [5, 5.41) is 5.89. The lowest BCUT2D eigenvalue weighted by Gasteiger charge is -2.41. The molecule has 5 nitrogen and oxygen atoms in total. The Morgan fingerprint density at radius 3 is 2.61 bits per heavy atom. The van der Waals surface area contributed by atoms with Gasteiger partial charge in [0.25, 0.3) is 0 Å². The number of benzene rings is 1. The Kier molecular flexibility index (Phi) is 4.57. The molecule has 3 fully saturated rings. The number of piperidine rings is 1. The molecule has 1 saturated carbocycles. The number of nitrogens with one attached hydrogen (secondary N) is 1. The molecule has 2 saturated heterocycles. The lowest BCUT2D eigenvalue weighted by Crippen LogP contribution is -2.51. The van der Waals surface area contributed by atoms with Crippen LogP contribution < -0.4 is 5.32 Å². The molecule has 2 aliphatic heterocycles. The molecule has 3 aliphatic rings. The predicted molar refractivity (Wildman–Crippen MR) is 111 cm³/mol. The second kappa shape index (κ2) is 6.97. The summed E-state index contributed by atoms with van der Waals surface area (Å²) in [6.07, 6.45) is 5.95. The summed E-state index contributed by atoms with van der Waals surface area (Å²) in [6.45, 7) is 5.96. The Morgan fingerprint density at radius 1 is 1.21 bits per heavy atom. The minimum Gasteiger partial charge on any atom is -0.378 e. The van der Waals surface area contributed by atoms with Gasteiger partial charge in [-0.1, -0.05) is 18.5 Å². The number of hydrogen-bond acceptors (Lipinski definition) is 4. The normalized spacial score (nSPS) is 22.8. The first-order valence-corrected chi connectivity index (χ1v) is 10.6. The molecule has 3 heterocycles. The van der Waals surface area contributed by atoms with E-state index in [2.05, 4.69) is 21.3 Å². The molecule has 148 valence electrons. The maximum atomic E-state index is 12.3. The zero-order valence-corrected chi connectivity index (χ0v) is 17.0. The number of rotatable bonds is 4. The number of fused-ring (bicyclic) bond motifs is 1. The molecule has 1 amide bonds. The highest BCUT2D eigenvalue weighted by Gasteiger charge is 2.45. The quantitative estimate of drug-likeness (QED) is 0.836. The van der Waals surface area contributed by atoms with E-state index < -0.39 is 0 Å². The van der Waals surface area contributed by atoms with Crippen LogP contribution in [0.2, 0.25) is 5.02 Å². The van der Waals surface area contributed by atoms with Crippen molar-refractivity contribution in [3.05, 3.63) is 35.0 Å². The van der Waals surface area contributed by atoms with Crippen molar-refractivity contribution in [1.82, 2.24) is 9.88 Å². The van der Waals surface area contributed by atoms with Crippen LogP contribution in [0.25, 0.3) is 10.8 Å². The van der Waals surface area contributed by atoms with Crippen LogP contribution >= 0.6 is 11.6 Å². The number of carbonyl (C=O) groups excluding carboxylic acids is 1. The van der Waals surface area contributed by atoms with Crippen molar-refractivity contribution in [1.29, 1.82) is 0 Å². The summed E-state index contributed by atoms with van der Waals surface area (Å²) in [5.41, 5.74) is 1.01. The number of likely N-dealkylation sites (tertiary alicyclic amines) is 1. The molecule has 1 aromatic heterocycles. The largest absolute Gasteiger partial charge is 0.378 e. The highest BCUT2D eigenvalue weighted by molar-refractivity contribution is 6.32. The van der Waals surface area contributed by atoms with Gasteiger partial charge < -0.3 is 10.1 Å². The summed E-state index contributed by atoms with van der Waals surface area (Å²) >= 11 is 6.64. The monoisotopic (exact) mass is 399 g/mol. The van der Waals surface area contributed by atoms with E-state index in [1.165, 1.54) is 5.56 Å². The van der Waals surface area contributed by atoms with Gasteiger partial charge in [0.1, 0.15) is 5.82 Å². The van der Waals surface area contributed by atoms with Gasteiger partial charge in [-0.2, -0.15) is 0 Å². The highest BCUT2D eigenvalue weighted by atomic mass is 35.5. The van der Waals surface area contributed by atoms with Gasteiger partial charge in [0, 0.05) is 22.0 Å². The standard InChI is InChI=1S/C22H26ClN3O2/c1-22(4-5-22)21(27)25-20-10-15-8-18(19(23)9-16(15)11-24-20)14-2-6-26(7-3-14)17-12-28-13-17/h8-11,14,17H,2-7,12-13H2,1H3,(H,24,25,27). The fourth-order valence-electron chi connectivity index (χ4n) is 4.26. The van der Waals surface area contributed by atoms with Crippen LogP contribution in [0, 0.1) is 5.41 Å². The van der Waals surface area contributed by atoms with Crippen LogP contribution in [0.3, 0.4) is 0 Å². The minimum absolute atomic E-state index is 0.0703. The van der Waals surface area contributed by atoms with E-state index in [1.807, 2.05) is 19.1 Å². The van der Waals surface area contributed by atoms with Crippen LogP contribution in [0.1, 0.15) is 44.1 Å². The van der Waals surface area contributed by atoms with Gasteiger partial charge in [-0.25, -0.2) is 4.98 Å². The minimum atomic E-state index is -0.207. The van der Waals surface area contributed by atoms with E-state index in [-0.39, 0.29) is 11.3 Å². The third-order valence-corrected chi connectivity index (χ3v) is 7.06. The molecular weight excluding hydrogens is 374 g/mol. The first kappa shape index (κ1) is 18.3. The van der Waals surface area contributed by atoms with Crippen LogP contribution in [0.5, 0.6) is 0 Å². The topological polar surface area (TPSA) is 54.5 Å². The van der Waals surface area contributed by atoms with E-state index >= 15 is 0 Å². The zero-order chi connectivity index (χ0) is 19.3. The van der Waals surface area contributed by atoms with Crippen LogP contribution in [-0.2, 0) is 9.53 Å². The van der Waals surface area contributed by atoms with E-state index in [4.69, 9.17) is 16.3 Å². The van der Waals surface area contributed by atoms with Gasteiger partial charge in [-0.3, -0.25) is 9.69 Å². The number of amides is 1. The second-order valence-electron chi connectivity index (χ2n) is 8.81. The number of halogens is 1. The Morgan fingerprint density at radius 2 is 1.96 bits per heavy atom. The zero-order valence-electron chi connectivity index (χ0n) is 16.2. The average molecular weight is 400 g/mol. The van der Waals surface area contributed by atoms with Gasteiger partial charge in [-0.05, 0) is 73.8 Å². The van der Waals surface area contributed by atoms with E-state index in [0.717, 1.165) is 67.8 Å². The van der Waals surface area contributed by atoms with E-state index in [0.29, 0.717) is 17.8 Å². The Labute approximate surface area is 170 Å². The molecule has 1 aromatic carbocycles. The van der Waals surface area contributed by atoms with Crippen molar-refractivity contribution in [2.24, 2.45) is 5.41 Å². The van der Waals surface area contributed by atoms with Gasteiger partial charge in [0.15, 0.2) is 0 Å². The molecule has 0 radical (unpaired) electrons. The number of pyridine rings is 1. The average Bonchev–Trinajstić information content (AvgIpc) is 3.40. The molecule has 0 unspecified atom stereocenters. The number of anilines is 1. The third-order valence-electron chi connectivity index (χ3n) is 6.73. The summed E-state index contributed by atoms with van der Waals surface area (Å²) in [4.78, 5) is 19.3. The molecule has 1 aliphatic carbocycles. The van der Waals surface area contributed by atoms with Gasteiger partial charge in [0.05, 0.1) is 19.3 Å². The number of ether oxygens (including phenoxy) is 1. The van der Waals surface area contributed by atoms with E-state index in [1.54, 1.807) is 6.20 Å². The smallest absolute Gasteiger partial charge is 0.231 e. The van der Waals surface area contributed by atoms with Crippen molar-refractivity contribution in [2.75, 3.05) is 31.6 Å². The first-order chi connectivity index (χ1) is 13.5. The molecule has 0 spiro atoms. The lowest BCUT2D eigenvalue weighted by molar-refractivity contribution is -0.120. The van der Waals surface area contributed by atoms with Crippen molar-refractivity contribution in [2.45, 2.75) is 44.6 Å². The number of hydrogen-bond donors (Lipinski definition) is 1. The van der Waals surface area contributed by atoms with Crippen LogP contribution in [0.4, 0.5) is 5.82 Å². The second-order valence-corrected chi connectivity index (χ2v) is 9.21. The van der Waals surface area contributed by atoms with Crippen LogP contribution in [0.15, 0.2) is 24.4 Å². The molecule has 6 heteroatoms. The van der Waals surface area contributed by atoms with Gasteiger partial charge >= 0.3 is 0 Å². The molecule has 5 rings (SSSR count). The SMILES string of the molecule is CC1(C(=O)Nc2cc3cc(C4CCN(C5COC5)CC4)c(Cl)cc3cn2)CC1. The summed E-state index contributed by atoms with van der Waals surface area (Å²) in [5.74, 6) is 1.17. The van der Waals surface area contributed by atoms with Crippen molar-refractivity contribution in [3.8, 4) is 0 Å². The molecule has 1 N–H and O–H groups in total. The molecular formula is C22H26ClN3O2. The number of aromatic nitrogens is 1. The summed E-state index contributed by atoms with van der Waals surface area (Å²) in [7, 11) is 0. The fraction of sp³-hybridized carbons (Fsp3) is 0.545. The molecule has 2 aromatic rings. The van der Waals surface area contributed by atoms with Crippen molar-refractivity contribution in [3.63, 3.8) is 0 Å². The summed E-state index contributed by atoms with van der Waals surface area (Å²) < 4.78 is 5.33. The maximum absolute atomic E-state index is 12.3. The predicted octanol–water partition coefficient (Wildman–Crippen LogP) is 4.21. The van der Waals surface area contributed by atoms with E-state index in [9.17, 15) is 4.79 Å². The molecule has 28 heavy (non-hydrogen) atoms.